The lowest BCUT2D eigenvalue weighted by Crippen LogP contribution is -1.98. The molecule has 0 bridgehead atoms. The van der Waals surface area contributed by atoms with Gasteiger partial charge in [-0.3, -0.25) is 4.98 Å². The first-order chi connectivity index (χ1) is 14.2. The Morgan fingerprint density at radius 3 is 2.34 bits per heavy atom. The van der Waals surface area contributed by atoms with E-state index in [4.69, 9.17) is 18.6 Å². The fourth-order valence-corrected chi connectivity index (χ4v) is 2.74. The summed E-state index contributed by atoms with van der Waals surface area (Å²) in [5, 5.41) is 0. The number of methoxy groups -OCH3 is 2. The summed E-state index contributed by atoms with van der Waals surface area (Å²) in [7, 11) is 3.26. The molecule has 2 aromatic heterocycles. The van der Waals surface area contributed by atoms with Crippen LogP contribution in [-0.4, -0.2) is 24.2 Å². The summed E-state index contributed by atoms with van der Waals surface area (Å²) in [4.78, 5) is 8.80. The van der Waals surface area contributed by atoms with Crippen molar-refractivity contribution in [2.75, 3.05) is 14.2 Å². The molecule has 0 saturated carbocycles. The molecule has 0 atom stereocenters. The van der Waals surface area contributed by atoms with E-state index in [0.717, 1.165) is 22.5 Å². The first-order valence-electron chi connectivity index (χ1n) is 9.08. The molecule has 29 heavy (non-hydrogen) atoms. The van der Waals surface area contributed by atoms with E-state index < -0.39 is 0 Å². The third-order valence-electron chi connectivity index (χ3n) is 4.33. The lowest BCUT2D eigenvalue weighted by Gasteiger charge is -2.06. The van der Waals surface area contributed by atoms with Crippen molar-refractivity contribution in [1.29, 1.82) is 0 Å². The van der Waals surface area contributed by atoms with Gasteiger partial charge in [-0.1, -0.05) is 12.1 Å². The summed E-state index contributed by atoms with van der Waals surface area (Å²) in [6, 6.07) is 17.0. The molecule has 0 spiro atoms. The Kier molecular flexibility index (Phi) is 5.42. The smallest absolute Gasteiger partial charge is 0.220 e. The van der Waals surface area contributed by atoms with Gasteiger partial charge < -0.3 is 18.6 Å². The maximum Gasteiger partial charge on any atom is 0.220 e. The van der Waals surface area contributed by atoms with Crippen molar-refractivity contribution in [2.24, 2.45) is 0 Å². The summed E-state index contributed by atoms with van der Waals surface area (Å²) >= 11 is 0. The largest absolute Gasteiger partial charge is 0.497 e. The van der Waals surface area contributed by atoms with Crippen LogP contribution in [-0.2, 0) is 6.61 Å². The minimum Gasteiger partial charge on any atom is -0.497 e. The fraction of sp³-hybridized carbons (Fsp3) is 0.130. The molecule has 2 aromatic carbocycles. The average molecular weight is 388 g/mol. The lowest BCUT2D eigenvalue weighted by molar-refractivity contribution is 0.301. The second-order valence-electron chi connectivity index (χ2n) is 6.27. The number of ether oxygens (including phenoxy) is 3. The standard InChI is InChI=1S/C23H20N2O4/c1-26-18-7-3-16(4-8-18)5-12-23-25-21-13-19(10-11-22(21)29-23)28-15-17-6-9-20(27-2)14-24-17/h3-14H,15H2,1-2H3/b12-5+. The number of aromatic nitrogens is 2. The van der Waals surface area contributed by atoms with E-state index in [1.54, 1.807) is 20.4 Å². The van der Waals surface area contributed by atoms with Gasteiger partial charge in [-0.05, 0) is 48.0 Å². The molecule has 0 saturated heterocycles. The van der Waals surface area contributed by atoms with Gasteiger partial charge in [0.05, 0.1) is 26.1 Å². The highest BCUT2D eigenvalue weighted by Gasteiger charge is 2.06. The topological polar surface area (TPSA) is 66.6 Å². The second-order valence-corrected chi connectivity index (χ2v) is 6.27. The van der Waals surface area contributed by atoms with Gasteiger partial charge in [0.25, 0.3) is 0 Å². The number of nitrogens with zero attached hydrogens (tertiary/aromatic N) is 2. The van der Waals surface area contributed by atoms with Crippen molar-refractivity contribution < 1.29 is 18.6 Å². The van der Waals surface area contributed by atoms with Crippen molar-refractivity contribution in [3.8, 4) is 17.2 Å². The van der Waals surface area contributed by atoms with E-state index in [0.29, 0.717) is 29.6 Å². The van der Waals surface area contributed by atoms with Crippen molar-refractivity contribution in [3.63, 3.8) is 0 Å². The number of hydrogen-bond donors (Lipinski definition) is 0. The van der Waals surface area contributed by atoms with Crippen molar-refractivity contribution in [1.82, 2.24) is 9.97 Å². The van der Waals surface area contributed by atoms with Crippen molar-refractivity contribution in [3.05, 3.63) is 77.9 Å². The monoisotopic (exact) mass is 388 g/mol. The molecule has 146 valence electrons. The van der Waals surface area contributed by atoms with E-state index in [-0.39, 0.29) is 0 Å². The molecule has 0 unspecified atom stereocenters. The van der Waals surface area contributed by atoms with E-state index in [2.05, 4.69) is 9.97 Å². The third-order valence-corrected chi connectivity index (χ3v) is 4.33. The normalized spacial score (nSPS) is 11.1. The van der Waals surface area contributed by atoms with Crippen LogP contribution in [0.1, 0.15) is 17.1 Å². The van der Waals surface area contributed by atoms with Gasteiger partial charge in [0, 0.05) is 12.1 Å². The fourth-order valence-electron chi connectivity index (χ4n) is 2.74. The summed E-state index contributed by atoms with van der Waals surface area (Å²) < 4.78 is 21.9. The van der Waals surface area contributed by atoms with Gasteiger partial charge in [0.1, 0.15) is 29.4 Å². The Balaban J connectivity index is 1.44. The quantitative estimate of drug-likeness (QED) is 0.444. The van der Waals surface area contributed by atoms with Crippen LogP contribution in [0.3, 0.4) is 0 Å². The van der Waals surface area contributed by atoms with Crippen LogP contribution in [0.15, 0.2) is 65.2 Å². The molecule has 4 aromatic rings. The van der Waals surface area contributed by atoms with Gasteiger partial charge in [0.2, 0.25) is 5.89 Å². The molecular weight excluding hydrogens is 368 g/mol. The Morgan fingerprint density at radius 1 is 0.862 bits per heavy atom. The van der Waals surface area contributed by atoms with Crippen LogP contribution in [0.5, 0.6) is 17.2 Å². The number of benzene rings is 2. The Hall–Kier alpha value is -3.80. The summed E-state index contributed by atoms with van der Waals surface area (Å²) in [5.74, 6) is 2.77. The minimum absolute atomic E-state index is 0.359. The summed E-state index contributed by atoms with van der Waals surface area (Å²) in [5.41, 5.74) is 3.28. The first-order valence-corrected chi connectivity index (χ1v) is 9.08. The highest BCUT2D eigenvalue weighted by molar-refractivity contribution is 5.77. The van der Waals surface area contributed by atoms with Gasteiger partial charge in [-0.2, -0.15) is 0 Å². The molecule has 0 amide bonds. The number of fused-ring (bicyclic) bond motifs is 1. The van der Waals surface area contributed by atoms with E-state index >= 15 is 0 Å². The Bertz CT molecular complexity index is 1120. The molecule has 4 rings (SSSR count). The van der Waals surface area contributed by atoms with Crippen LogP contribution in [0.4, 0.5) is 0 Å². The molecule has 2 heterocycles. The molecule has 0 aliphatic rings. The van der Waals surface area contributed by atoms with E-state index in [1.165, 1.54) is 0 Å². The number of oxazole rings is 1. The number of hydrogen-bond acceptors (Lipinski definition) is 6. The molecule has 0 aliphatic heterocycles. The maximum atomic E-state index is 5.82. The highest BCUT2D eigenvalue weighted by atomic mass is 16.5. The van der Waals surface area contributed by atoms with Gasteiger partial charge >= 0.3 is 0 Å². The van der Waals surface area contributed by atoms with Crippen LogP contribution in [0.2, 0.25) is 0 Å². The van der Waals surface area contributed by atoms with Gasteiger partial charge in [-0.15, -0.1) is 0 Å². The molecule has 0 N–H and O–H groups in total. The third kappa shape index (κ3) is 4.55. The van der Waals surface area contributed by atoms with Crippen molar-refractivity contribution >= 4 is 23.3 Å². The number of rotatable bonds is 7. The molecule has 0 radical (unpaired) electrons. The zero-order valence-corrected chi connectivity index (χ0v) is 16.2. The highest BCUT2D eigenvalue weighted by Crippen LogP contribution is 2.23. The van der Waals surface area contributed by atoms with Crippen LogP contribution >= 0.6 is 0 Å². The summed E-state index contributed by atoms with van der Waals surface area (Å²) in [6.45, 7) is 0.359. The van der Waals surface area contributed by atoms with Gasteiger partial charge in [0.15, 0.2) is 5.58 Å². The lowest BCUT2D eigenvalue weighted by atomic mass is 10.2. The average Bonchev–Trinajstić information content (AvgIpc) is 3.19. The predicted molar refractivity (Wildman–Crippen MR) is 111 cm³/mol. The zero-order chi connectivity index (χ0) is 20.1. The molecular formula is C23H20N2O4. The predicted octanol–water partition coefficient (Wildman–Crippen LogP) is 4.99. The second kappa shape index (κ2) is 8.48. The van der Waals surface area contributed by atoms with E-state index in [1.807, 2.05) is 66.7 Å². The Morgan fingerprint density at radius 2 is 1.62 bits per heavy atom. The zero-order valence-electron chi connectivity index (χ0n) is 16.2. The minimum atomic E-state index is 0.359. The Labute approximate surface area is 168 Å². The first kappa shape index (κ1) is 18.6. The van der Waals surface area contributed by atoms with Crippen LogP contribution in [0.25, 0.3) is 23.3 Å². The SMILES string of the molecule is COc1ccc(/C=C/c2nc3cc(OCc4ccc(OC)cn4)ccc3o2)cc1. The van der Waals surface area contributed by atoms with Gasteiger partial charge in [-0.25, -0.2) is 4.98 Å². The maximum absolute atomic E-state index is 5.82. The van der Waals surface area contributed by atoms with Crippen LogP contribution in [0, 0.1) is 0 Å². The molecule has 6 nitrogen and oxygen atoms in total. The molecule has 0 fully saturated rings. The van der Waals surface area contributed by atoms with Crippen molar-refractivity contribution in [2.45, 2.75) is 6.61 Å². The molecule has 6 heteroatoms. The van der Waals surface area contributed by atoms with Crippen LogP contribution < -0.4 is 14.2 Å². The van der Waals surface area contributed by atoms with E-state index in [9.17, 15) is 0 Å². The summed E-state index contributed by atoms with van der Waals surface area (Å²) in [6.07, 6.45) is 5.45. The number of pyridine rings is 1. The molecule has 0 aliphatic carbocycles.